The van der Waals surface area contributed by atoms with Crippen LogP contribution in [0.5, 0.6) is 0 Å². The van der Waals surface area contributed by atoms with Gasteiger partial charge in [-0.2, -0.15) is 0 Å². The highest BCUT2D eigenvalue weighted by atomic mass is 16.5. The van der Waals surface area contributed by atoms with Crippen molar-refractivity contribution in [3.8, 4) is 11.5 Å². The lowest BCUT2D eigenvalue weighted by molar-refractivity contribution is -0.121. The van der Waals surface area contributed by atoms with Crippen LogP contribution in [0.2, 0.25) is 0 Å². The second-order valence-corrected chi connectivity index (χ2v) is 4.76. The van der Waals surface area contributed by atoms with Crippen molar-refractivity contribution in [1.29, 1.82) is 0 Å². The molecule has 0 unspecified atom stereocenters. The number of carbonyl (C=O) groups excluding carboxylic acids is 1. The second kappa shape index (κ2) is 6.71. The Bertz CT molecular complexity index is 720. The summed E-state index contributed by atoms with van der Waals surface area (Å²) in [7, 11) is 0. The van der Waals surface area contributed by atoms with E-state index >= 15 is 0 Å². The third-order valence-electron chi connectivity index (χ3n) is 3.12. The molecule has 0 aliphatic carbocycles. The first kappa shape index (κ1) is 14.1. The quantitative estimate of drug-likeness (QED) is 0.756. The van der Waals surface area contributed by atoms with Gasteiger partial charge in [0, 0.05) is 24.4 Å². The van der Waals surface area contributed by atoms with Gasteiger partial charge in [-0.15, -0.1) is 0 Å². The molecule has 0 radical (unpaired) electrons. The summed E-state index contributed by atoms with van der Waals surface area (Å²) in [4.78, 5) is 16.0. The van der Waals surface area contributed by atoms with E-state index in [0.29, 0.717) is 36.6 Å². The molecular weight excluding hydrogens is 282 g/mol. The molecule has 0 aromatic carbocycles. The number of hydrogen-bond acceptors (Lipinski definition) is 5. The average molecular weight is 297 g/mol. The van der Waals surface area contributed by atoms with Crippen LogP contribution in [0.3, 0.4) is 0 Å². The topological polar surface area (TPSA) is 81.2 Å². The summed E-state index contributed by atoms with van der Waals surface area (Å²) in [6, 6.07) is 11.0. The monoisotopic (exact) mass is 297 g/mol. The van der Waals surface area contributed by atoms with Crippen LogP contribution >= 0.6 is 0 Å². The van der Waals surface area contributed by atoms with Gasteiger partial charge in [0.25, 0.3) is 0 Å². The normalized spacial score (nSPS) is 10.5. The van der Waals surface area contributed by atoms with Crippen molar-refractivity contribution in [1.82, 2.24) is 15.5 Å². The first-order valence-electron chi connectivity index (χ1n) is 6.97. The van der Waals surface area contributed by atoms with Gasteiger partial charge >= 0.3 is 0 Å². The lowest BCUT2D eigenvalue weighted by Gasteiger charge is -2.02. The Kier molecular flexibility index (Phi) is 4.29. The molecule has 0 saturated heterocycles. The van der Waals surface area contributed by atoms with E-state index < -0.39 is 0 Å². The SMILES string of the molecule is O=C(CCc1ccccn1)NCc1cc(-c2ccco2)on1. The maximum absolute atomic E-state index is 11.8. The minimum absolute atomic E-state index is 0.0480. The zero-order valence-corrected chi connectivity index (χ0v) is 11.9. The van der Waals surface area contributed by atoms with Crippen molar-refractivity contribution >= 4 is 5.91 Å². The first-order chi connectivity index (χ1) is 10.8. The lowest BCUT2D eigenvalue weighted by atomic mass is 10.2. The molecule has 3 heterocycles. The summed E-state index contributed by atoms with van der Waals surface area (Å²) in [5, 5.41) is 6.71. The van der Waals surface area contributed by atoms with Crippen molar-refractivity contribution in [3.63, 3.8) is 0 Å². The van der Waals surface area contributed by atoms with Crippen molar-refractivity contribution in [2.24, 2.45) is 0 Å². The Labute approximate surface area is 127 Å². The smallest absolute Gasteiger partial charge is 0.220 e. The van der Waals surface area contributed by atoms with Crippen LogP contribution in [0.4, 0.5) is 0 Å². The number of carbonyl (C=O) groups is 1. The first-order valence-corrected chi connectivity index (χ1v) is 6.97. The van der Waals surface area contributed by atoms with Crippen LogP contribution in [-0.2, 0) is 17.8 Å². The van der Waals surface area contributed by atoms with Gasteiger partial charge in [-0.3, -0.25) is 9.78 Å². The molecule has 22 heavy (non-hydrogen) atoms. The zero-order valence-electron chi connectivity index (χ0n) is 11.9. The number of nitrogens with one attached hydrogen (secondary N) is 1. The molecule has 0 bridgehead atoms. The summed E-state index contributed by atoms with van der Waals surface area (Å²) in [6.07, 6.45) is 4.29. The van der Waals surface area contributed by atoms with E-state index in [1.165, 1.54) is 0 Å². The average Bonchev–Trinajstić information content (AvgIpc) is 3.22. The van der Waals surface area contributed by atoms with Crippen LogP contribution in [-0.4, -0.2) is 16.0 Å². The van der Waals surface area contributed by atoms with Gasteiger partial charge < -0.3 is 14.3 Å². The second-order valence-electron chi connectivity index (χ2n) is 4.76. The van der Waals surface area contributed by atoms with Gasteiger partial charge in [0.1, 0.15) is 5.69 Å². The Morgan fingerprint density at radius 3 is 2.86 bits per heavy atom. The molecule has 3 aromatic rings. The molecule has 1 amide bonds. The fourth-order valence-electron chi connectivity index (χ4n) is 2.00. The van der Waals surface area contributed by atoms with E-state index in [2.05, 4.69) is 15.5 Å². The molecule has 3 rings (SSSR count). The van der Waals surface area contributed by atoms with Gasteiger partial charge in [-0.05, 0) is 30.7 Å². The van der Waals surface area contributed by atoms with E-state index in [1.54, 1.807) is 30.7 Å². The van der Waals surface area contributed by atoms with E-state index in [9.17, 15) is 4.79 Å². The summed E-state index contributed by atoms with van der Waals surface area (Å²) < 4.78 is 10.4. The van der Waals surface area contributed by atoms with E-state index in [-0.39, 0.29) is 5.91 Å². The summed E-state index contributed by atoms with van der Waals surface area (Å²) in [6.45, 7) is 0.325. The molecule has 0 spiro atoms. The van der Waals surface area contributed by atoms with Gasteiger partial charge in [-0.1, -0.05) is 11.2 Å². The molecule has 0 saturated carbocycles. The van der Waals surface area contributed by atoms with Crippen LogP contribution in [0, 0.1) is 0 Å². The molecule has 0 fully saturated rings. The number of rotatable bonds is 6. The standard InChI is InChI=1S/C16H15N3O3/c20-16(7-6-12-4-1-2-8-17-12)18-11-13-10-15(22-19-13)14-5-3-9-21-14/h1-5,8-10H,6-7,11H2,(H,18,20). The number of furan rings is 1. The highest BCUT2D eigenvalue weighted by Crippen LogP contribution is 2.20. The van der Waals surface area contributed by atoms with Crippen LogP contribution < -0.4 is 5.32 Å². The van der Waals surface area contributed by atoms with Crippen molar-refractivity contribution < 1.29 is 13.7 Å². The number of hydrogen-bond donors (Lipinski definition) is 1. The molecule has 0 atom stereocenters. The minimum atomic E-state index is -0.0480. The van der Waals surface area contributed by atoms with Crippen molar-refractivity contribution in [3.05, 3.63) is 60.2 Å². The lowest BCUT2D eigenvalue weighted by Crippen LogP contribution is -2.23. The maximum Gasteiger partial charge on any atom is 0.220 e. The Hall–Kier alpha value is -2.89. The summed E-state index contributed by atoms with van der Waals surface area (Å²) in [5.41, 5.74) is 1.55. The predicted molar refractivity (Wildman–Crippen MR) is 78.6 cm³/mol. The van der Waals surface area contributed by atoms with Gasteiger partial charge in [0.15, 0.2) is 5.76 Å². The molecule has 112 valence electrons. The maximum atomic E-state index is 11.8. The van der Waals surface area contributed by atoms with Gasteiger partial charge in [0.05, 0.1) is 12.8 Å². The highest BCUT2D eigenvalue weighted by molar-refractivity contribution is 5.76. The fraction of sp³-hybridized carbons (Fsp3) is 0.188. The van der Waals surface area contributed by atoms with Gasteiger partial charge in [-0.25, -0.2) is 0 Å². The molecular formula is C16H15N3O3. The third kappa shape index (κ3) is 3.60. The predicted octanol–water partition coefficient (Wildman–Crippen LogP) is 2.58. The zero-order chi connectivity index (χ0) is 15.2. The van der Waals surface area contributed by atoms with Crippen molar-refractivity contribution in [2.45, 2.75) is 19.4 Å². The van der Waals surface area contributed by atoms with Crippen LogP contribution in [0.25, 0.3) is 11.5 Å². The fourth-order valence-corrected chi connectivity index (χ4v) is 2.00. The molecule has 3 aromatic heterocycles. The van der Waals surface area contributed by atoms with Crippen LogP contribution in [0.1, 0.15) is 17.8 Å². The molecule has 1 N–H and O–H groups in total. The van der Waals surface area contributed by atoms with Crippen molar-refractivity contribution in [2.75, 3.05) is 0 Å². The van der Waals surface area contributed by atoms with E-state index in [0.717, 1.165) is 5.69 Å². The molecule has 6 heteroatoms. The minimum Gasteiger partial charge on any atom is -0.461 e. The number of amides is 1. The number of nitrogens with zero attached hydrogens (tertiary/aromatic N) is 2. The number of aromatic nitrogens is 2. The summed E-state index contributed by atoms with van der Waals surface area (Å²) >= 11 is 0. The Balaban J connectivity index is 1.47. The largest absolute Gasteiger partial charge is 0.461 e. The highest BCUT2D eigenvalue weighted by Gasteiger charge is 2.10. The third-order valence-corrected chi connectivity index (χ3v) is 3.12. The summed E-state index contributed by atoms with van der Waals surface area (Å²) in [5.74, 6) is 1.11. The van der Waals surface area contributed by atoms with E-state index in [1.807, 2.05) is 18.2 Å². The van der Waals surface area contributed by atoms with Crippen LogP contribution in [0.15, 0.2) is 57.8 Å². The molecule has 0 aliphatic heterocycles. The number of aryl methyl sites for hydroxylation is 1. The molecule has 6 nitrogen and oxygen atoms in total. The van der Waals surface area contributed by atoms with Gasteiger partial charge in [0.2, 0.25) is 11.7 Å². The molecule has 0 aliphatic rings. The van der Waals surface area contributed by atoms with E-state index in [4.69, 9.17) is 8.94 Å². The number of pyridine rings is 1. The Morgan fingerprint density at radius 1 is 1.14 bits per heavy atom. The Morgan fingerprint density at radius 2 is 2.09 bits per heavy atom.